The molecule has 1 aromatic rings. The summed E-state index contributed by atoms with van der Waals surface area (Å²) in [5.74, 6) is 1.16. The van der Waals surface area contributed by atoms with E-state index in [0.29, 0.717) is 23.3 Å². The number of sulfonamides is 1. The highest BCUT2D eigenvalue weighted by Crippen LogP contribution is 2.22. The lowest BCUT2D eigenvalue weighted by atomic mass is 9.96. The molecule has 0 aromatic heterocycles. The molecule has 2 rings (SSSR count). The third kappa shape index (κ3) is 4.54. The van der Waals surface area contributed by atoms with E-state index in [1.807, 2.05) is 6.07 Å². The molecule has 0 unspecified atom stereocenters. The number of nitrogens with zero attached hydrogens (tertiary/aromatic N) is 2. The molecule has 1 aliphatic rings. The van der Waals surface area contributed by atoms with Crippen molar-refractivity contribution in [3.8, 4) is 0 Å². The van der Waals surface area contributed by atoms with Crippen LogP contribution in [0.3, 0.4) is 0 Å². The monoisotopic (exact) mass is 324 g/mol. The molecule has 0 amide bonds. The Hall–Kier alpha value is -0.910. The van der Waals surface area contributed by atoms with Crippen LogP contribution in [0, 0.1) is 11.8 Å². The number of benzene rings is 1. The highest BCUT2D eigenvalue weighted by atomic mass is 32.2. The quantitative estimate of drug-likeness (QED) is 0.808. The van der Waals surface area contributed by atoms with Crippen LogP contribution in [0.15, 0.2) is 35.2 Å². The predicted molar refractivity (Wildman–Crippen MR) is 90.3 cm³/mol. The van der Waals surface area contributed by atoms with Gasteiger partial charge in [0.1, 0.15) is 0 Å². The average Bonchev–Trinajstić information content (AvgIpc) is 2.49. The van der Waals surface area contributed by atoms with Crippen molar-refractivity contribution in [3.63, 3.8) is 0 Å². The summed E-state index contributed by atoms with van der Waals surface area (Å²) in [6.45, 7) is 8.42. The van der Waals surface area contributed by atoms with Crippen molar-refractivity contribution in [2.75, 3.05) is 33.2 Å². The topological polar surface area (TPSA) is 40.6 Å². The fourth-order valence-corrected chi connectivity index (χ4v) is 4.37. The molecule has 0 atom stereocenters. The van der Waals surface area contributed by atoms with Gasteiger partial charge in [0.05, 0.1) is 4.90 Å². The molecule has 22 heavy (non-hydrogen) atoms. The lowest BCUT2D eigenvalue weighted by molar-refractivity contribution is 0.158. The zero-order valence-corrected chi connectivity index (χ0v) is 14.7. The Morgan fingerprint density at radius 3 is 2.32 bits per heavy atom. The minimum absolute atomic E-state index is 0.384. The summed E-state index contributed by atoms with van der Waals surface area (Å²) in [4.78, 5) is 2.88. The molecule has 4 nitrogen and oxygen atoms in total. The second kappa shape index (κ2) is 7.57. The van der Waals surface area contributed by atoms with Gasteiger partial charge in [-0.1, -0.05) is 32.0 Å². The highest BCUT2D eigenvalue weighted by Gasteiger charge is 2.26. The van der Waals surface area contributed by atoms with Crippen LogP contribution in [-0.4, -0.2) is 50.8 Å². The van der Waals surface area contributed by atoms with Crippen LogP contribution in [0.1, 0.15) is 26.7 Å². The maximum Gasteiger partial charge on any atom is 0.242 e. The van der Waals surface area contributed by atoms with Crippen LogP contribution < -0.4 is 0 Å². The first-order chi connectivity index (χ1) is 10.4. The molecule has 1 fully saturated rings. The van der Waals surface area contributed by atoms with Gasteiger partial charge in [-0.3, -0.25) is 0 Å². The van der Waals surface area contributed by atoms with E-state index in [1.165, 1.54) is 4.31 Å². The van der Waals surface area contributed by atoms with E-state index in [4.69, 9.17) is 0 Å². The number of hydrogen-bond donors (Lipinski definition) is 0. The standard InChI is InChI=1S/C17H28N2O2S/c1-15(2)13-19-11-9-16(10-12-19)14-18(3)22(20,21)17-7-5-4-6-8-17/h4-8,15-16H,9-14H2,1-3H3. The summed E-state index contributed by atoms with van der Waals surface area (Å²) in [5.41, 5.74) is 0. The summed E-state index contributed by atoms with van der Waals surface area (Å²) >= 11 is 0. The molecule has 1 saturated heterocycles. The Labute approximate surface area is 135 Å². The smallest absolute Gasteiger partial charge is 0.242 e. The maximum absolute atomic E-state index is 12.5. The van der Waals surface area contributed by atoms with E-state index in [1.54, 1.807) is 31.3 Å². The number of piperidine rings is 1. The van der Waals surface area contributed by atoms with Crippen LogP contribution >= 0.6 is 0 Å². The number of likely N-dealkylation sites (tertiary alicyclic amines) is 1. The number of hydrogen-bond acceptors (Lipinski definition) is 3. The van der Waals surface area contributed by atoms with E-state index >= 15 is 0 Å². The van der Waals surface area contributed by atoms with Crippen LogP contribution in [0.25, 0.3) is 0 Å². The van der Waals surface area contributed by atoms with E-state index in [-0.39, 0.29) is 0 Å². The van der Waals surface area contributed by atoms with Gasteiger partial charge in [0.15, 0.2) is 0 Å². The number of rotatable bonds is 6. The largest absolute Gasteiger partial charge is 0.303 e. The third-order valence-electron chi connectivity index (χ3n) is 4.30. The van der Waals surface area contributed by atoms with Gasteiger partial charge in [-0.05, 0) is 49.9 Å². The van der Waals surface area contributed by atoms with Crippen molar-refractivity contribution in [2.45, 2.75) is 31.6 Å². The summed E-state index contributed by atoms with van der Waals surface area (Å²) in [6, 6.07) is 8.70. The Bertz CT molecular complexity index is 549. The van der Waals surface area contributed by atoms with Crippen molar-refractivity contribution in [3.05, 3.63) is 30.3 Å². The summed E-state index contributed by atoms with van der Waals surface area (Å²) in [5, 5.41) is 0. The SMILES string of the molecule is CC(C)CN1CCC(CN(C)S(=O)(=O)c2ccccc2)CC1. The molecule has 0 spiro atoms. The molecular weight excluding hydrogens is 296 g/mol. The first-order valence-corrected chi connectivity index (χ1v) is 9.57. The zero-order chi connectivity index (χ0) is 16.2. The highest BCUT2D eigenvalue weighted by molar-refractivity contribution is 7.89. The molecule has 1 heterocycles. The summed E-state index contributed by atoms with van der Waals surface area (Å²) in [6.07, 6.45) is 2.17. The molecule has 5 heteroatoms. The van der Waals surface area contributed by atoms with Gasteiger partial charge in [0, 0.05) is 20.1 Å². The van der Waals surface area contributed by atoms with Crippen molar-refractivity contribution < 1.29 is 8.42 Å². The predicted octanol–water partition coefficient (Wildman–Crippen LogP) is 2.68. The fourth-order valence-electron chi connectivity index (χ4n) is 3.10. The molecule has 124 valence electrons. The van der Waals surface area contributed by atoms with Crippen molar-refractivity contribution in [1.29, 1.82) is 0 Å². The minimum Gasteiger partial charge on any atom is -0.303 e. The molecule has 0 radical (unpaired) electrons. The van der Waals surface area contributed by atoms with Gasteiger partial charge in [-0.25, -0.2) is 12.7 Å². The Morgan fingerprint density at radius 2 is 1.77 bits per heavy atom. The lowest BCUT2D eigenvalue weighted by Gasteiger charge is -2.34. The molecule has 0 bridgehead atoms. The Morgan fingerprint density at radius 1 is 1.18 bits per heavy atom. The van der Waals surface area contributed by atoms with Crippen molar-refractivity contribution >= 4 is 10.0 Å². The van der Waals surface area contributed by atoms with Crippen LogP contribution in [0.4, 0.5) is 0 Å². The van der Waals surface area contributed by atoms with Gasteiger partial charge in [-0.2, -0.15) is 0 Å². The van der Waals surface area contributed by atoms with Crippen molar-refractivity contribution in [2.24, 2.45) is 11.8 Å². The Balaban J connectivity index is 1.89. The zero-order valence-electron chi connectivity index (χ0n) is 13.9. The maximum atomic E-state index is 12.5. The molecular formula is C17H28N2O2S. The van der Waals surface area contributed by atoms with E-state index < -0.39 is 10.0 Å². The second-order valence-electron chi connectivity index (χ2n) is 6.74. The summed E-state index contributed by atoms with van der Waals surface area (Å²) < 4.78 is 26.6. The average molecular weight is 324 g/mol. The molecule has 0 aliphatic carbocycles. The molecule has 1 aliphatic heterocycles. The van der Waals surface area contributed by atoms with Gasteiger partial charge in [0.25, 0.3) is 0 Å². The van der Waals surface area contributed by atoms with Crippen LogP contribution in [0.2, 0.25) is 0 Å². The van der Waals surface area contributed by atoms with Gasteiger partial charge < -0.3 is 4.90 Å². The Kier molecular flexibility index (Phi) is 6.01. The molecule has 0 saturated carbocycles. The molecule has 1 aromatic carbocycles. The van der Waals surface area contributed by atoms with E-state index in [9.17, 15) is 8.42 Å². The van der Waals surface area contributed by atoms with Crippen LogP contribution in [0.5, 0.6) is 0 Å². The van der Waals surface area contributed by atoms with E-state index in [2.05, 4.69) is 18.7 Å². The second-order valence-corrected chi connectivity index (χ2v) is 8.78. The first-order valence-electron chi connectivity index (χ1n) is 8.13. The van der Waals surface area contributed by atoms with Gasteiger partial charge >= 0.3 is 0 Å². The van der Waals surface area contributed by atoms with Gasteiger partial charge in [-0.15, -0.1) is 0 Å². The van der Waals surface area contributed by atoms with Crippen LogP contribution in [-0.2, 0) is 10.0 Å². The van der Waals surface area contributed by atoms with E-state index in [0.717, 1.165) is 32.5 Å². The summed E-state index contributed by atoms with van der Waals surface area (Å²) in [7, 11) is -1.65. The normalized spacial score (nSPS) is 18.2. The third-order valence-corrected chi connectivity index (χ3v) is 6.13. The van der Waals surface area contributed by atoms with Crippen molar-refractivity contribution in [1.82, 2.24) is 9.21 Å². The molecule has 0 N–H and O–H groups in total. The minimum atomic E-state index is -3.35. The first kappa shape index (κ1) is 17.4. The fraction of sp³-hybridized carbons (Fsp3) is 0.647. The van der Waals surface area contributed by atoms with Gasteiger partial charge in [0.2, 0.25) is 10.0 Å². The lowest BCUT2D eigenvalue weighted by Crippen LogP contribution is -2.40.